The van der Waals surface area contributed by atoms with Crippen LogP contribution in [0.15, 0.2) is 54.6 Å². The minimum atomic E-state index is -0.438. The predicted octanol–water partition coefficient (Wildman–Crippen LogP) is 3.15. The molecule has 9 heteroatoms. The Morgan fingerprint density at radius 2 is 1.78 bits per heavy atom. The molecule has 194 valence electrons. The fourth-order valence-corrected chi connectivity index (χ4v) is 5.08. The van der Waals surface area contributed by atoms with Crippen molar-refractivity contribution in [3.8, 4) is 0 Å². The molecular weight excluding hydrogens is 466 g/mol. The average molecular weight is 502 g/mol. The van der Waals surface area contributed by atoms with Gasteiger partial charge in [-0.25, -0.2) is 14.8 Å². The van der Waals surface area contributed by atoms with Crippen molar-refractivity contribution >= 4 is 28.7 Å². The van der Waals surface area contributed by atoms with Gasteiger partial charge in [-0.15, -0.1) is 0 Å². The second-order valence-corrected chi connectivity index (χ2v) is 10.3. The number of rotatable bonds is 3. The number of carbonyl (C=O) groups is 2. The molecule has 2 bridgehead atoms. The maximum absolute atomic E-state index is 13.3. The van der Waals surface area contributed by atoms with Crippen molar-refractivity contribution in [2.45, 2.75) is 45.4 Å². The Morgan fingerprint density at radius 1 is 1.03 bits per heavy atom. The van der Waals surface area contributed by atoms with Crippen molar-refractivity contribution in [2.24, 2.45) is 5.92 Å². The Kier molecular flexibility index (Phi) is 7.23. The van der Waals surface area contributed by atoms with Crippen LogP contribution in [0.4, 0.5) is 10.6 Å². The number of benzene rings is 2. The SMILES string of the molecule is CC(C)[C@@H]1Nc2nc(nc3ccccc23)CN2CCN(C(=O)N[C@H](C)c3ccccc3)CC2CNC1=O. The Hall–Kier alpha value is -3.72. The van der Waals surface area contributed by atoms with Gasteiger partial charge in [0.25, 0.3) is 0 Å². The second kappa shape index (κ2) is 10.7. The molecule has 1 aromatic heterocycles. The van der Waals surface area contributed by atoms with E-state index in [0.29, 0.717) is 44.4 Å². The molecule has 1 unspecified atom stereocenters. The summed E-state index contributed by atoms with van der Waals surface area (Å²) >= 11 is 0. The molecule has 9 nitrogen and oxygen atoms in total. The van der Waals surface area contributed by atoms with Crippen LogP contribution in [0.5, 0.6) is 0 Å². The van der Waals surface area contributed by atoms with Gasteiger partial charge < -0.3 is 20.9 Å². The molecular formula is C28H35N7O2. The highest BCUT2D eigenvalue weighted by atomic mass is 16.2. The summed E-state index contributed by atoms with van der Waals surface area (Å²) in [4.78, 5) is 40.2. The Balaban J connectivity index is 1.38. The van der Waals surface area contributed by atoms with Crippen LogP contribution in [0.1, 0.15) is 38.2 Å². The normalized spacial score (nSPS) is 21.4. The first kappa shape index (κ1) is 25.0. The Morgan fingerprint density at radius 3 is 2.57 bits per heavy atom. The summed E-state index contributed by atoms with van der Waals surface area (Å²) in [6.07, 6.45) is 0. The lowest BCUT2D eigenvalue weighted by Crippen LogP contribution is -2.60. The van der Waals surface area contributed by atoms with Crippen LogP contribution in [-0.4, -0.2) is 70.0 Å². The highest BCUT2D eigenvalue weighted by molar-refractivity contribution is 5.92. The molecule has 2 aromatic carbocycles. The number of nitrogens with zero attached hydrogens (tertiary/aromatic N) is 4. The maximum atomic E-state index is 13.3. The molecule has 1 saturated heterocycles. The van der Waals surface area contributed by atoms with Crippen LogP contribution in [-0.2, 0) is 11.3 Å². The van der Waals surface area contributed by atoms with Crippen molar-refractivity contribution in [1.82, 2.24) is 30.4 Å². The van der Waals surface area contributed by atoms with E-state index >= 15 is 0 Å². The van der Waals surface area contributed by atoms with E-state index in [2.05, 4.69) is 20.9 Å². The highest BCUT2D eigenvalue weighted by Gasteiger charge is 2.33. The van der Waals surface area contributed by atoms with Crippen molar-refractivity contribution in [3.63, 3.8) is 0 Å². The zero-order chi connectivity index (χ0) is 25.9. The van der Waals surface area contributed by atoms with Gasteiger partial charge in [0.1, 0.15) is 17.7 Å². The molecule has 37 heavy (non-hydrogen) atoms. The van der Waals surface area contributed by atoms with Crippen LogP contribution >= 0.6 is 0 Å². The van der Waals surface area contributed by atoms with Crippen LogP contribution in [0.25, 0.3) is 10.9 Å². The molecule has 5 rings (SSSR count). The summed E-state index contributed by atoms with van der Waals surface area (Å²) in [5.74, 6) is 1.38. The lowest BCUT2D eigenvalue weighted by Gasteiger charge is -2.41. The van der Waals surface area contributed by atoms with E-state index < -0.39 is 6.04 Å². The maximum Gasteiger partial charge on any atom is 0.317 e. The minimum Gasteiger partial charge on any atom is -0.358 e. The number of urea groups is 1. The molecule has 3 amide bonds. The number of anilines is 1. The van der Waals surface area contributed by atoms with Crippen LogP contribution in [0.2, 0.25) is 0 Å². The molecule has 1 fully saturated rings. The number of carbonyl (C=O) groups excluding carboxylic acids is 2. The fraction of sp³-hybridized carbons (Fsp3) is 0.429. The molecule has 2 aliphatic rings. The van der Waals surface area contributed by atoms with E-state index in [1.807, 2.05) is 80.3 Å². The molecule has 0 saturated carbocycles. The van der Waals surface area contributed by atoms with E-state index in [1.165, 1.54) is 0 Å². The molecule has 2 aliphatic heterocycles. The molecule has 0 spiro atoms. The molecule has 3 atom stereocenters. The molecule has 0 aliphatic carbocycles. The summed E-state index contributed by atoms with van der Waals surface area (Å²) in [6.45, 7) is 8.78. The number of amides is 3. The first-order valence-corrected chi connectivity index (χ1v) is 13.0. The molecule has 3 N–H and O–H groups in total. The number of hydrogen-bond donors (Lipinski definition) is 3. The number of nitrogens with one attached hydrogen (secondary N) is 3. The predicted molar refractivity (Wildman–Crippen MR) is 144 cm³/mol. The zero-order valence-corrected chi connectivity index (χ0v) is 21.6. The van der Waals surface area contributed by atoms with E-state index in [1.54, 1.807) is 0 Å². The van der Waals surface area contributed by atoms with Gasteiger partial charge in [-0.2, -0.15) is 0 Å². The van der Waals surface area contributed by atoms with E-state index in [4.69, 9.17) is 9.97 Å². The van der Waals surface area contributed by atoms with Crippen LogP contribution in [0, 0.1) is 5.92 Å². The summed E-state index contributed by atoms with van der Waals surface area (Å²) < 4.78 is 0. The number of hydrogen-bond acceptors (Lipinski definition) is 6. The van der Waals surface area contributed by atoms with Gasteiger partial charge in [-0.1, -0.05) is 56.3 Å². The standard InChI is InChI=1S/C28H35N7O2/c1-18(2)25-27(36)29-15-21-16-35(28(37)30-19(3)20-9-5-4-6-10-20)14-13-34(21)17-24-31-23-12-8-7-11-22(23)26(32-24)33-25/h4-12,18-19,21,25H,13-17H2,1-3H3,(H,29,36)(H,30,37)(H,31,32,33)/t19-,21?,25+/m1/s1. The first-order chi connectivity index (χ1) is 17.9. The van der Waals surface area contributed by atoms with Gasteiger partial charge in [0.2, 0.25) is 5.91 Å². The highest BCUT2D eigenvalue weighted by Crippen LogP contribution is 2.24. The molecule has 3 aromatic rings. The summed E-state index contributed by atoms with van der Waals surface area (Å²) in [5, 5.41) is 10.6. The van der Waals surface area contributed by atoms with E-state index in [-0.39, 0.29) is 29.9 Å². The topological polar surface area (TPSA) is 102 Å². The number of para-hydroxylation sites is 1. The lowest BCUT2D eigenvalue weighted by atomic mass is 10.0. The monoisotopic (exact) mass is 501 g/mol. The zero-order valence-electron chi connectivity index (χ0n) is 21.6. The van der Waals surface area contributed by atoms with Crippen LogP contribution in [0.3, 0.4) is 0 Å². The first-order valence-electron chi connectivity index (χ1n) is 13.0. The van der Waals surface area contributed by atoms with E-state index in [9.17, 15) is 9.59 Å². The van der Waals surface area contributed by atoms with E-state index in [0.717, 1.165) is 16.5 Å². The van der Waals surface area contributed by atoms with Gasteiger partial charge in [-0.3, -0.25) is 9.69 Å². The van der Waals surface area contributed by atoms with Gasteiger partial charge in [0.15, 0.2) is 0 Å². The van der Waals surface area contributed by atoms with Crippen molar-refractivity contribution in [1.29, 1.82) is 0 Å². The average Bonchev–Trinajstić information content (AvgIpc) is 2.92. The second-order valence-electron chi connectivity index (χ2n) is 10.3. The minimum absolute atomic E-state index is 0.0556. The number of fused-ring (bicyclic) bond motifs is 5. The largest absolute Gasteiger partial charge is 0.358 e. The van der Waals surface area contributed by atoms with Crippen molar-refractivity contribution in [3.05, 3.63) is 66.0 Å². The summed E-state index contributed by atoms with van der Waals surface area (Å²) in [7, 11) is 0. The number of piperazine rings is 1. The van der Waals surface area contributed by atoms with Crippen molar-refractivity contribution in [2.75, 3.05) is 31.5 Å². The van der Waals surface area contributed by atoms with Gasteiger partial charge in [0, 0.05) is 37.6 Å². The van der Waals surface area contributed by atoms with Gasteiger partial charge in [-0.05, 0) is 30.5 Å². The molecule has 0 radical (unpaired) electrons. The van der Waals surface area contributed by atoms with Crippen molar-refractivity contribution < 1.29 is 9.59 Å². The summed E-state index contributed by atoms with van der Waals surface area (Å²) in [5.41, 5.74) is 1.91. The third-order valence-electron chi connectivity index (χ3n) is 7.28. The van der Waals surface area contributed by atoms with Crippen LogP contribution < -0.4 is 16.0 Å². The quantitative estimate of drug-likeness (QED) is 0.510. The summed E-state index contributed by atoms with van der Waals surface area (Å²) in [6, 6.07) is 17.1. The smallest absolute Gasteiger partial charge is 0.317 e. The number of aromatic nitrogens is 2. The molecule has 3 heterocycles. The Labute approximate surface area is 217 Å². The third kappa shape index (κ3) is 5.51. The lowest BCUT2D eigenvalue weighted by molar-refractivity contribution is -0.123. The van der Waals surface area contributed by atoms with Gasteiger partial charge >= 0.3 is 6.03 Å². The van der Waals surface area contributed by atoms with Gasteiger partial charge in [0.05, 0.1) is 18.1 Å². The third-order valence-corrected chi connectivity index (χ3v) is 7.28. The Bertz CT molecular complexity index is 1270. The fourth-order valence-electron chi connectivity index (χ4n) is 5.08.